The van der Waals surface area contributed by atoms with E-state index in [2.05, 4.69) is 36.8 Å². The molecule has 23 heavy (non-hydrogen) atoms. The first-order valence-electron chi connectivity index (χ1n) is 8.54. The molecule has 1 aliphatic carbocycles. The molecular weight excluding hydrogens is 312 g/mol. The zero-order valence-electron chi connectivity index (χ0n) is 14.2. The maximum Gasteiger partial charge on any atom is 0.274 e. The molecule has 1 aromatic heterocycles. The Morgan fingerprint density at radius 2 is 1.83 bits per heavy atom. The highest BCUT2D eigenvalue weighted by atomic mass is 35.5. The zero-order chi connectivity index (χ0) is 15.5. The van der Waals surface area contributed by atoms with Crippen LogP contribution in [-0.4, -0.2) is 46.8 Å². The van der Waals surface area contributed by atoms with Crippen LogP contribution in [0.15, 0.2) is 6.07 Å². The topological polar surface area (TPSA) is 50.2 Å². The quantitative estimate of drug-likeness (QED) is 0.899. The van der Waals surface area contributed by atoms with E-state index in [9.17, 15) is 4.79 Å². The maximum absolute atomic E-state index is 12.8. The fourth-order valence-corrected chi connectivity index (χ4v) is 3.89. The number of hydrogen-bond donors (Lipinski definition) is 1. The lowest BCUT2D eigenvalue weighted by Crippen LogP contribution is -2.32. The van der Waals surface area contributed by atoms with Gasteiger partial charge in [0.1, 0.15) is 0 Å². The number of nitrogens with one attached hydrogen (secondary N) is 1. The molecule has 2 aliphatic heterocycles. The van der Waals surface area contributed by atoms with Crippen molar-refractivity contribution in [1.82, 2.24) is 20.0 Å². The molecule has 0 spiro atoms. The van der Waals surface area contributed by atoms with E-state index in [0.29, 0.717) is 23.4 Å². The minimum atomic E-state index is -0.0676. The van der Waals surface area contributed by atoms with Gasteiger partial charge in [-0.1, -0.05) is 0 Å². The molecule has 3 fully saturated rings. The molecule has 1 amide bonds. The summed E-state index contributed by atoms with van der Waals surface area (Å²) in [6, 6.07) is 2.05. The van der Waals surface area contributed by atoms with Gasteiger partial charge in [0.05, 0.1) is 5.54 Å². The summed E-state index contributed by atoms with van der Waals surface area (Å²) >= 11 is 0. The first-order valence-corrected chi connectivity index (χ1v) is 8.54. The minimum absolute atomic E-state index is 0. The Balaban J connectivity index is 0.00000156. The van der Waals surface area contributed by atoms with E-state index in [1.54, 1.807) is 0 Å². The number of nitrogens with zero attached hydrogens (tertiary/aromatic N) is 3. The number of aromatic nitrogens is 2. The highest BCUT2D eigenvalue weighted by Crippen LogP contribution is 2.42. The van der Waals surface area contributed by atoms with E-state index in [4.69, 9.17) is 5.10 Å². The number of rotatable bonds is 2. The van der Waals surface area contributed by atoms with Crippen molar-refractivity contribution in [1.29, 1.82) is 0 Å². The Morgan fingerprint density at radius 1 is 1.22 bits per heavy atom. The second-order valence-electron chi connectivity index (χ2n) is 8.20. The van der Waals surface area contributed by atoms with E-state index in [-0.39, 0.29) is 23.9 Å². The molecule has 0 radical (unpaired) electrons. The highest BCUT2D eigenvalue weighted by molar-refractivity contribution is 5.92. The standard InChI is InChI=1S/C17H26N4O.ClH/c1-17(2,3)21-15(11-4-5-11)6-14(19-21)16(22)20-9-12-7-18-8-13(12)10-20;/h6,11-13,18H,4-5,7-10H2,1-3H3;1H/t12-,13+;. The first-order chi connectivity index (χ1) is 10.4. The summed E-state index contributed by atoms with van der Waals surface area (Å²) in [5.41, 5.74) is 1.82. The van der Waals surface area contributed by atoms with Crippen LogP contribution < -0.4 is 5.32 Å². The van der Waals surface area contributed by atoms with Crippen molar-refractivity contribution in [2.75, 3.05) is 26.2 Å². The molecule has 2 saturated heterocycles. The zero-order valence-corrected chi connectivity index (χ0v) is 15.0. The summed E-state index contributed by atoms with van der Waals surface area (Å²) < 4.78 is 2.08. The molecule has 3 heterocycles. The summed E-state index contributed by atoms with van der Waals surface area (Å²) in [7, 11) is 0. The number of fused-ring (bicyclic) bond motifs is 1. The lowest BCUT2D eigenvalue weighted by atomic mass is 10.0. The summed E-state index contributed by atoms with van der Waals surface area (Å²) in [5.74, 6) is 2.00. The van der Waals surface area contributed by atoms with Gasteiger partial charge in [0.25, 0.3) is 5.91 Å². The van der Waals surface area contributed by atoms with Crippen LogP contribution in [0.5, 0.6) is 0 Å². The first kappa shape index (κ1) is 16.8. The van der Waals surface area contributed by atoms with Crippen LogP contribution in [0.3, 0.4) is 0 Å². The Labute approximate surface area is 144 Å². The molecule has 1 saturated carbocycles. The molecule has 1 N–H and O–H groups in total. The van der Waals surface area contributed by atoms with E-state index in [0.717, 1.165) is 26.2 Å². The van der Waals surface area contributed by atoms with Gasteiger partial charge < -0.3 is 10.2 Å². The number of carbonyl (C=O) groups is 1. The number of likely N-dealkylation sites (tertiary alicyclic amines) is 1. The lowest BCUT2D eigenvalue weighted by Gasteiger charge is -2.22. The molecule has 0 unspecified atom stereocenters. The van der Waals surface area contributed by atoms with Crippen LogP contribution in [0.25, 0.3) is 0 Å². The van der Waals surface area contributed by atoms with Crippen molar-refractivity contribution in [3.63, 3.8) is 0 Å². The second kappa shape index (κ2) is 5.78. The fraction of sp³-hybridized carbons (Fsp3) is 0.765. The second-order valence-corrected chi connectivity index (χ2v) is 8.20. The van der Waals surface area contributed by atoms with Crippen LogP contribution in [0.4, 0.5) is 0 Å². The van der Waals surface area contributed by atoms with E-state index in [1.165, 1.54) is 18.5 Å². The molecule has 0 aromatic carbocycles. The number of amides is 1. The van der Waals surface area contributed by atoms with Gasteiger partial charge in [-0.2, -0.15) is 5.10 Å². The SMILES string of the molecule is CC(C)(C)n1nc(C(=O)N2C[C@H]3CNC[C@H]3C2)cc1C1CC1.Cl. The predicted octanol–water partition coefficient (Wildman–Crippen LogP) is 2.23. The minimum Gasteiger partial charge on any atom is -0.337 e. The summed E-state index contributed by atoms with van der Waals surface area (Å²) in [6.07, 6.45) is 2.46. The van der Waals surface area contributed by atoms with Gasteiger partial charge in [-0.25, -0.2) is 0 Å². The van der Waals surface area contributed by atoms with Crippen LogP contribution >= 0.6 is 12.4 Å². The smallest absolute Gasteiger partial charge is 0.274 e. The molecule has 4 rings (SSSR count). The van der Waals surface area contributed by atoms with Crippen molar-refractivity contribution >= 4 is 18.3 Å². The van der Waals surface area contributed by atoms with Crippen molar-refractivity contribution in [3.8, 4) is 0 Å². The average Bonchev–Trinajstić information content (AvgIpc) is 2.87. The maximum atomic E-state index is 12.8. The normalized spacial score (nSPS) is 27.0. The predicted molar refractivity (Wildman–Crippen MR) is 92.2 cm³/mol. The molecule has 128 valence electrons. The van der Waals surface area contributed by atoms with Gasteiger partial charge in [0, 0.05) is 37.8 Å². The molecule has 0 bridgehead atoms. The Bertz CT molecular complexity index is 590. The van der Waals surface area contributed by atoms with Gasteiger partial charge in [-0.05, 0) is 51.5 Å². The van der Waals surface area contributed by atoms with E-state index < -0.39 is 0 Å². The number of carbonyl (C=O) groups excluding carboxylic acids is 1. The van der Waals surface area contributed by atoms with Crippen LogP contribution in [0, 0.1) is 11.8 Å². The third-order valence-electron chi connectivity index (χ3n) is 5.26. The van der Waals surface area contributed by atoms with Crippen molar-refractivity contribution in [2.24, 2.45) is 11.8 Å². The molecule has 1 aromatic rings. The molecular formula is C17H27ClN4O. The van der Waals surface area contributed by atoms with Gasteiger partial charge >= 0.3 is 0 Å². The largest absolute Gasteiger partial charge is 0.337 e. The van der Waals surface area contributed by atoms with Crippen molar-refractivity contribution in [2.45, 2.75) is 45.1 Å². The van der Waals surface area contributed by atoms with E-state index >= 15 is 0 Å². The van der Waals surface area contributed by atoms with Gasteiger partial charge in [0.15, 0.2) is 5.69 Å². The summed E-state index contributed by atoms with van der Waals surface area (Å²) in [5, 5.41) is 8.11. The Kier molecular flexibility index (Phi) is 4.21. The van der Waals surface area contributed by atoms with Crippen molar-refractivity contribution in [3.05, 3.63) is 17.5 Å². The number of halogens is 1. The van der Waals surface area contributed by atoms with Crippen LogP contribution in [0.2, 0.25) is 0 Å². The molecule has 5 nitrogen and oxygen atoms in total. The van der Waals surface area contributed by atoms with Gasteiger partial charge in [0.2, 0.25) is 0 Å². The fourth-order valence-electron chi connectivity index (χ4n) is 3.89. The third-order valence-corrected chi connectivity index (χ3v) is 5.26. The Hall–Kier alpha value is -1.07. The summed E-state index contributed by atoms with van der Waals surface area (Å²) in [6.45, 7) is 10.4. The third kappa shape index (κ3) is 3.01. The van der Waals surface area contributed by atoms with Crippen molar-refractivity contribution < 1.29 is 4.79 Å². The van der Waals surface area contributed by atoms with E-state index in [1.807, 2.05) is 4.90 Å². The molecule has 2 atom stereocenters. The highest BCUT2D eigenvalue weighted by Gasteiger charge is 2.40. The van der Waals surface area contributed by atoms with Gasteiger partial charge in [-0.15, -0.1) is 12.4 Å². The van der Waals surface area contributed by atoms with Gasteiger partial charge in [-0.3, -0.25) is 9.48 Å². The van der Waals surface area contributed by atoms with Crippen LogP contribution in [0.1, 0.15) is 55.7 Å². The monoisotopic (exact) mass is 338 g/mol. The molecule has 6 heteroatoms. The molecule has 3 aliphatic rings. The van der Waals surface area contributed by atoms with Crippen LogP contribution in [-0.2, 0) is 5.54 Å². The Morgan fingerprint density at radius 3 is 2.35 bits per heavy atom. The average molecular weight is 339 g/mol. The lowest BCUT2D eigenvalue weighted by molar-refractivity contribution is 0.0774. The summed E-state index contributed by atoms with van der Waals surface area (Å²) in [4.78, 5) is 14.9. The number of hydrogen-bond acceptors (Lipinski definition) is 3.